The number of hydrogen-bond donors (Lipinski definition) is 4. The Labute approximate surface area is 224 Å². The number of amides is 2. The molecule has 0 spiro atoms. The van der Waals surface area contributed by atoms with Crippen LogP contribution in [0.25, 0.3) is 0 Å². The van der Waals surface area contributed by atoms with Gasteiger partial charge < -0.3 is 25.6 Å². The molecule has 200 valence electrons. The average Bonchev–Trinajstić information content (AvgIpc) is 2.95. The molecule has 4 N–H and O–H groups in total. The average molecular weight is 517 g/mol. The summed E-state index contributed by atoms with van der Waals surface area (Å²) < 4.78 is 5.81. The van der Waals surface area contributed by atoms with Gasteiger partial charge in [0.05, 0.1) is 24.7 Å². The van der Waals surface area contributed by atoms with E-state index in [4.69, 9.17) is 4.74 Å². The minimum Gasteiger partial charge on any atom is -0.489 e. The summed E-state index contributed by atoms with van der Waals surface area (Å²) in [6.07, 6.45) is 1.45. The number of aliphatic hydroxyl groups is 2. The summed E-state index contributed by atoms with van der Waals surface area (Å²) in [6, 6.07) is 26.0. The lowest BCUT2D eigenvalue weighted by atomic mass is 9.98. The molecule has 0 radical (unpaired) electrons. The molecule has 0 fully saturated rings. The molecule has 0 aliphatic heterocycles. The monoisotopic (exact) mass is 516 g/mol. The molecular formula is C31H36N2O5. The Morgan fingerprint density at radius 1 is 0.921 bits per heavy atom. The molecule has 0 saturated carbocycles. The smallest absolute Gasteiger partial charge is 0.224 e. The highest BCUT2D eigenvalue weighted by Crippen LogP contribution is 2.17. The number of nitrogens with one attached hydrogen (secondary N) is 2. The van der Waals surface area contributed by atoms with Gasteiger partial charge in [-0.3, -0.25) is 9.59 Å². The molecule has 3 atom stereocenters. The highest BCUT2D eigenvalue weighted by molar-refractivity contribution is 5.86. The third kappa shape index (κ3) is 9.50. The maximum absolute atomic E-state index is 12.7. The molecule has 38 heavy (non-hydrogen) atoms. The highest BCUT2D eigenvalue weighted by Gasteiger charge is 2.23. The topological polar surface area (TPSA) is 108 Å². The fourth-order valence-electron chi connectivity index (χ4n) is 4.04. The van der Waals surface area contributed by atoms with Gasteiger partial charge in [-0.2, -0.15) is 0 Å². The Kier molecular flexibility index (Phi) is 11.6. The normalized spacial score (nSPS) is 13.1. The quantitative estimate of drug-likeness (QED) is 0.230. The predicted molar refractivity (Wildman–Crippen MR) is 147 cm³/mol. The van der Waals surface area contributed by atoms with Crippen molar-refractivity contribution in [2.75, 3.05) is 13.2 Å². The lowest BCUT2D eigenvalue weighted by Gasteiger charge is -2.20. The number of rotatable bonds is 15. The van der Waals surface area contributed by atoms with Crippen molar-refractivity contribution in [1.29, 1.82) is 0 Å². The van der Waals surface area contributed by atoms with Crippen molar-refractivity contribution in [3.63, 3.8) is 0 Å². The van der Waals surface area contributed by atoms with Gasteiger partial charge in [-0.05, 0) is 41.7 Å². The van der Waals surface area contributed by atoms with Crippen LogP contribution in [-0.4, -0.2) is 41.2 Å². The van der Waals surface area contributed by atoms with Crippen LogP contribution in [0.15, 0.2) is 97.6 Å². The summed E-state index contributed by atoms with van der Waals surface area (Å²) in [4.78, 5) is 25.4. The van der Waals surface area contributed by atoms with Gasteiger partial charge in [-0.15, -0.1) is 6.58 Å². The van der Waals surface area contributed by atoms with Crippen molar-refractivity contribution >= 4 is 11.8 Å². The Morgan fingerprint density at radius 3 is 2.21 bits per heavy atom. The van der Waals surface area contributed by atoms with Crippen LogP contribution in [0.3, 0.4) is 0 Å². The molecule has 0 heterocycles. The van der Waals surface area contributed by atoms with Crippen LogP contribution in [-0.2, 0) is 22.6 Å². The molecule has 7 nitrogen and oxygen atoms in total. The Balaban J connectivity index is 1.47. The molecule has 0 aliphatic rings. The lowest BCUT2D eigenvalue weighted by molar-refractivity contribution is -0.131. The number of aliphatic hydroxyl groups excluding tert-OH is 2. The van der Waals surface area contributed by atoms with Gasteiger partial charge in [0.25, 0.3) is 0 Å². The van der Waals surface area contributed by atoms with Crippen LogP contribution in [0.2, 0.25) is 0 Å². The van der Waals surface area contributed by atoms with E-state index in [9.17, 15) is 19.8 Å². The summed E-state index contributed by atoms with van der Waals surface area (Å²) in [5.74, 6) is -0.562. The van der Waals surface area contributed by atoms with E-state index in [0.717, 1.165) is 16.9 Å². The first-order chi connectivity index (χ1) is 18.5. The van der Waals surface area contributed by atoms with E-state index in [2.05, 4.69) is 17.2 Å². The van der Waals surface area contributed by atoms with Crippen LogP contribution in [0.1, 0.15) is 35.6 Å². The van der Waals surface area contributed by atoms with Crippen LogP contribution in [0, 0.1) is 5.92 Å². The summed E-state index contributed by atoms with van der Waals surface area (Å²) in [5, 5.41) is 25.7. The SMILES string of the molecule is C=CC[C@@H](CC(=O)N[C@H](CO)Cc1ccc(OCc2ccccc2)cc1)C(=O)NC[C@@H](O)c1ccccc1. The molecule has 0 aliphatic carbocycles. The second-order valence-electron chi connectivity index (χ2n) is 9.17. The van der Waals surface area contributed by atoms with Crippen LogP contribution in [0.4, 0.5) is 0 Å². The maximum Gasteiger partial charge on any atom is 0.224 e. The molecule has 0 aromatic heterocycles. The van der Waals surface area contributed by atoms with Crippen LogP contribution in [0.5, 0.6) is 5.75 Å². The van der Waals surface area contributed by atoms with Crippen LogP contribution >= 0.6 is 0 Å². The van der Waals surface area contributed by atoms with Gasteiger partial charge >= 0.3 is 0 Å². The zero-order chi connectivity index (χ0) is 27.2. The van der Waals surface area contributed by atoms with E-state index in [1.807, 2.05) is 72.8 Å². The number of allylic oxidation sites excluding steroid dienone is 1. The Bertz CT molecular complexity index is 1140. The number of carbonyl (C=O) groups is 2. The Morgan fingerprint density at radius 2 is 1.58 bits per heavy atom. The largest absolute Gasteiger partial charge is 0.489 e. The molecule has 2 amide bonds. The number of hydrogen-bond acceptors (Lipinski definition) is 5. The molecule has 7 heteroatoms. The van der Waals surface area contributed by atoms with Crippen molar-refractivity contribution in [2.24, 2.45) is 5.92 Å². The fourth-order valence-corrected chi connectivity index (χ4v) is 4.04. The van der Waals surface area contributed by atoms with Gasteiger partial charge in [0.2, 0.25) is 11.8 Å². The van der Waals surface area contributed by atoms with Crippen molar-refractivity contribution in [1.82, 2.24) is 10.6 Å². The van der Waals surface area contributed by atoms with Crippen LogP contribution < -0.4 is 15.4 Å². The van der Waals surface area contributed by atoms with Gasteiger partial charge in [0, 0.05) is 13.0 Å². The number of ether oxygens (including phenoxy) is 1. The molecule has 3 aromatic carbocycles. The number of benzene rings is 3. The molecule has 0 bridgehead atoms. The van der Waals surface area contributed by atoms with Crippen molar-refractivity contribution < 1.29 is 24.5 Å². The summed E-state index contributed by atoms with van der Waals surface area (Å²) in [6.45, 7) is 3.97. The highest BCUT2D eigenvalue weighted by atomic mass is 16.5. The second kappa shape index (κ2) is 15.3. The minimum atomic E-state index is -0.841. The van der Waals surface area contributed by atoms with Gasteiger partial charge in [-0.25, -0.2) is 0 Å². The van der Waals surface area contributed by atoms with Gasteiger partial charge in [0.15, 0.2) is 0 Å². The van der Waals surface area contributed by atoms with E-state index in [1.54, 1.807) is 18.2 Å². The standard InChI is InChI=1S/C31H36N2O5/c1-2-9-26(31(37)32-20-29(35)25-12-7-4-8-13-25)19-30(36)33-27(21-34)18-23-14-16-28(17-15-23)38-22-24-10-5-3-6-11-24/h2-8,10-17,26-27,29,34-35H,1,9,18-22H2,(H,32,37)(H,33,36)/t26-,27-,29+/m0/s1. The fraction of sp³-hybridized carbons (Fsp3) is 0.290. The maximum atomic E-state index is 12.7. The van der Waals surface area contributed by atoms with E-state index < -0.39 is 18.1 Å². The van der Waals surface area contributed by atoms with Crippen molar-refractivity contribution in [2.45, 2.75) is 38.0 Å². The summed E-state index contributed by atoms with van der Waals surface area (Å²) in [7, 11) is 0. The number of carbonyl (C=O) groups excluding carboxylic acids is 2. The third-order valence-corrected chi connectivity index (χ3v) is 6.15. The molecular weight excluding hydrogens is 480 g/mol. The first-order valence-corrected chi connectivity index (χ1v) is 12.8. The zero-order valence-electron chi connectivity index (χ0n) is 21.5. The first-order valence-electron chi connectivity index (χ1n) is 12.8. The van der Waals surface area contributed by atoms with E-state index in [1.165, 1.54) is 0 Å². The summed E-state index contributed by atoms with van der Waals surface area (Å²) in [5.41, 5.74) is 2.72. The Hall–Kier alpha value is -3.94. The zero-order valence-corrected chi connectivity index (χ0v) is 21.5. The predicted octanol–water partition coefficient (Wildman–Crippen LogP) is 3.72. The molecule has 3 aromatic rings. The minimum absolute atomic E-state index is 0.0441. The lowest BCUT2D eigenvalue weighted by Crippen LogP contribution is -2.42. The molecule has 0 unspecified atom stereocenters. The molecule has 3 rings (SSSR count). The third-order valence-electron chi connectivity index (χ3n) is 6.15. The van der Waals surface area contributed by atoms with Crippen molar-refractivity contribution in [3.05, 3.63) is 114 Å². The molecule has 0 saturated heterocycles. The summed E-state index contributed by atoms with van der Waals surface area (Å²) >= 11 is 0. The van der Waals surface area contributed by atoms with Gasteiger partial charge in [-0.1, -0.05) is 78.9 Å². The van der Waals surface area contributed by atoms with E-state index in [-0.39, 0.29) is 31.4 Å². The first kappa shape index (κ1) is 28.6. The van der Waals surface area contributed by atoms with E-state index in [0.29, 0.717) is 25.0 Å². The van der Waals surface area contributed by atoms with Gasteiger partial charge in [0.1, 0.15) is 12.4 Å². The van der Waals surface area contributed by atoms with E-state index >= 15 is 0 Å². The second-order valence-corrected chi connectivity index (χ2v) is 9.17. The van der Waals surface area contributed by atoms with Crippen molar-refractivity contribution in [3.8, 4) is 5.75 Å².